The molecule has 1 heterocycles. The fraction of sp³-hybridized carbons (Fsp3) is 0.391. The predicted molar refractivity (Wildman–Crippen MR) is 117 cm³/mol. The van der Waals surface area contributed by atoms with Gasteiger partial charge in [-0.25, -0.2) is 8.42 Å². The van der Waals surface area contributed by atoms with Gasteiger partial charge in [0.1, 0.15) is 12.3 Å². The van der Waals surface area contributed by atoms with Crippen molar-refractivity contribution in [3.05, 3.63) is 59.2 Å². The highest BCUT2D eigenvalue weighted by atomic mass is 32.2. The van der Waals surface area contributed by atoms with Gasteiger partial charge in [0.25, 0.3) is 5.91 Å². The van der Waals surface area contributed by atoms with Gasteiger partial charge in [0.05, 0.1) is 16.8 Å². The molecule has 1 aliphatic heterocycles. The number of hydrogen-bond donors (Lipinski definition) is 3. The zero-order valence-corrected chi connectivity index (χ0v) is 19.0. The fourth-order valence-electron chi connectivity index (χ4n) is 3.98. The number of fused-ring (bicyclic) bond motifs is 1. The third kappa shape index (κ3) is 5.11. The van der Waals surface area contributed by atoms with Crippen LogP contribution in [0.3, 0.4) is 0 Å². The Morgan fingerprint density at radius 2 is 1.81 bits per heavy atom. The summed E-state index contributed by atoms with van der Waals surface area (Å²) in [7, 11) is -3.59. The van der Waals surface area contributed by atoms with Crippen molar-refractivity contribution in [3.63, 3.8) is 0 Å². The first kappa shape index (κ1) is 23.7. The molecule has 0 saturated heterocycles. The van der Waals surface area contributed by atoms with Crippen molar-refractivity contribution in [2.24, 2.45) is 5.41 Å². The molecule has 9 heteroatoms. The van der Waals surface area contributed by atoms with Gasteiger partial charge in [0.15, 0.2) is 16.4 Å². The number of amides is 1. The minimum atomic E-state index is -3.59. The Labute approximate surface area is 187 Å². The molecule has 0 aliphatic carbocycles. The van der Waals surface area contributed by atoms with Gasteiger partial charge in [-0.3, -0.25) is 9.59 Å². The summed E-state index contributed by atoms with van der Waals surface area (Å²) in [6.45, 7) is 4.53. The molecule has 172 valence electrons. The number of carbonyl (C=O) groups is 2. The van der Waals surface area contributed by atoms with E-state index >= 15 is 0 Å². The monoisotopic (exact) mass is 461 g/mol. The van der Waals surface area contributed by atoms with E-state index in [4.69, 9.17) is 9.84 Å². The molecule has 0 saturated carbocycles. The van der Waals surface area contributed by atoms with Crippen molar-refractivity contribution in [1.82, 2.24) is 5.32 Å². The van der Waals surface area contributed by atoms with Crippen molar-refractivity contribution >= 4 is 21.7 Å². The number of carboxylic acids is 1. The van der Waals surface area contributed by atoms with E-state index in [1.807, 2.05) is 6.92 Å². The molecule has 0 fully saturated rings. The zero-order chi connectivity index (χ0) is 23.7. The molecule has 0 aromatic heterocycles. The number of aryl methyl sites for hydroxylation is 1. The third-order valence-corrected chi connectivity index (χ3v) is 7.73. The second-order valence-electron chi connectivity index (χ2n) is 8.74. The van der Waals surface area contributed by atoms with Crippen LogP contribution in [0.5, 0.6) is 5.75 Å². The number of carboxylic acid groups (broad SMARTS) is 1. The zero-order valence-electron chi connectivity index (χ0n) is 18.2. The number of sulfone groups is 1. The molecule has 8 nitrogen and oxygen atoms in total. The summed E-state index contributed by atoms with van der Waals surface area (Å²) >= 11 is 0. The Bertz CT molecular complexity index is 1120. The Morgan fingerprint density at radius 1 is 1.16 bits per heavy atom. The highest BCUT2D eigenvalue weighted by Gasteiger charge is 2.44. The van der Waals surface area contributed by atoms with Crippen LogP contribution in [0.1, 0.15) is 36.5 Å². The Hall–Kier alpha value is -2.91. The van der Waals surface area contributed by atoms with Crippen LogP contribution in [0.25, 0.3) is 0 Å². The van der Waals surface area contributed by atoms with Crippen molar-refractivity contribution < 1.29 is 33.0 Å². The van der Waals surface area contributed by atoms with E-state index in [-0.39, 0.29) is 17.3 Å². The van der Waals surface area contributed by atoms with Crippen LogP contribution >= 0.6 is 0 Å². The highest BCUT2D eigenvalue weighted by molar-refractivity contribution is 7.91. The van der Waals surface area contributed by atoms with Crippen molar-refractivity contribution in [2.75, 3.05) is 18.9 Å². The van der Waals surface area contributed by atoms with Gasteiger partial charge in [-0.2, -0.15) is 0 Å². The second kappa shape index (κ2) is 8.91. The van der Waals surface area contributed by atoms with E-state index in [1.165, 1.54) is 0 Å². The maximum atomic E-state index is 13.0. The molecule has 1 amide bonds. The molecule has 0 radical (unpaired) electrons. The van der Waals surface area contributed by atoms with E-state index < -0.39 is 45.7 Å². The van der Waals surface area contributed by atoms with Gasteiger partial charge < -0.3 is 20.3 Å². The van der Waals surface area contributed by atoms with Crippen LogP contribution in [-0.4, -0.2) is 55.5 Å². The normalized spacial score (nSPS) is 21.1. The average Bonchev–Trinajstić information content (AvgIpc) is 2.76. The van der Waals surface area contributed by atoms with Gasteiger partial charge >= 0.3 is 5.97 Å². The maximum Gasteiger partial charge on any atom is 0.322 e. The summed E-state index contributed by atoms with van der Waals surface area (Å²) in [5, 5.41) is 22.0. The Morgan fingerprint density at radius 3 is 2.44 bits per heavy atom. The number of hydrogen-bond acceptors (Lipinski definition) is 6. The topological polar surface area (TPSA) is 130 Å². The molecule has 2 aromatic rings. The summed E-state index contributed by atoms with van der Waals surface area (Å²) in [4.78, 5) is 22.4. The minimum Gasteiger partial charge on any atom is -0.484 e. The molecular formula is C23H27NO7S. The largest absolute Gasteiger partial charge is 0.484 e. The Kier molecular flexibility index (Phi) is 6.61. The summed E-state index contributed by atoms with van der Waals surface area (Å²) in [5.74, 6) is -2.05. The highest BCUT2D eigenvalue weighted by Crippen LogP contribution is 2.44. The molecule has 0 spiro atoms. The molecule has 2 atom stereocenters. The lowest BCUT2D eigenvalue weighted by Gasteiger charge is -2.33. The van der Waals surface area contributed by atoms with Gasteiger partial charge in [0, 0.05) is 11.3 Å². The molecule has 32 heavy (non-hydrogen) atoms. The third-order valence-electron chi connectivity index (χ3n) is 5.56. The number of aliphatic hydroxyl groups excluding tert-OH is 1. The van der Waals surface area contributed by atoms with Crippen LogP contribution in [0.4, 0.5) is 0 Å². The van der Waals surface area contributed by atoms with E-state index in [0.29, 0.717) is 11.3 Å². The number of carbonyl (C=O) groups excluding carboxylic acids is 1. The average molecular weight is 462 g/mol. The summed E-state index contributed by atoms with van der Waals surface area (Å²) < 4.78 is 31.5. The molecule has 0 bridgehead atoms. The lowest BCUT2D eigenvalue weighted by Crippen LogP contribution is -2.38. The van der Waals surface area contributed by atoms with Crippen molar-refractivity contribution in [1.29, 1.82) is 0 Å². The smallest absolute Gasteiger partial charge is 0.322 e. The molecule has 3 N–H and O–H groups in total. The first-order valence-electron chi connectivity index (χ1n) is 10.1. The molecule has 0 unspecified atom stereocenters. The molecular weight excluding hydrogens is 434 g/mol. The predicted octanol–water partition coefficient (Wildman–Crippen LogP) is 1.88. The molecule has 2 aromatic carbocycles. The van der Waals surface area contributed by atoms with E-state index in [0.717, 1.165) is 11.1 Å². The number of rotatable bonds is 6. The van der Waals surface area contributed by atoms with Crippen molar-refractivity contribution in [3.8, 4) is 5.75 Å². The van der Waals surface area contributed by atoms with Gasteiger partial charge in [-0.15, -0.1) is 0 Å². The van der Waals surface area contributed by atoms with Gasteiger partial charge in [-0.1, -0.05) is 43.7 Å². The van der Waals surface area contributed by atoms with Crippen LogP contribution in [0, 0.1) is 12.3 Å². The van der Waals surface area contributed by atoms with Crippen LogP contribution in [-0.2, 0) is 19.4 Å². The summed E-state index contributed by atoms with van der Waals surface area (Å²) in [6, 6.07) is 11.9. The first-order valence-corrected chi connectivity index (χ1v) is 11.8. The number of aliphatic hydroxyl groups is 1. The standard InChI is InChI=1S/C23H27NO7S/c1-14-4-9-18-17(10-14)21(22(28)23(2,3)13-32(18,29)30)15-5-7-16(8-6-15)31-12-19(25)24-11-20(26)27/h4-10,21-22,28H,11-13H2,1-3H3,(H,24,25)(H,26,27)/t21-,22-/m1/s1. The lowest BCUT2D eigenvalue weighted by atomic mass is 9.75. The summed E-state index contributed by atoms with van der Waals surface area (Å²) in [6.07, 6.45) is -0.950. The van der Waals surface area contributed by atoms with Crippen molar-refractivity contribution in [2.45, 2.75) is 37.7 Å². The maximum absolute atomic E-state index is 13.0. The van der Waals surface area contributed by atoms with Crippen LogP contribution in [0.15, 0.2) is 47.4 Å². The van der Waals surface area contributed by atoms with Gasteiger partial charge in [0.2, 0.25) is 0 Å². The van der Waals surface area contributed by atoms with Crippen LogP contribution in [0.2, 0.25) is 0 Å². The fourth-order valence-corrected chi connectivity index (χ4v) is 6.10. The van der Waals surface area contributed by atoms with Gasteiger partial charge in [-0.05, 0) is 36.2 Å². The lowest BCUT2D eigenvalue weighted by molar-refractivity contribution is -0.138. The number of aliphatic carboxylic acids is 1. The minimum absolute atomic E-state index is 0.166. The molecule has 3 rings (SSSR count). The summed E-state index contributed by atoms with van der Waals surface area (Å²) in [5.41, 5.74) is 1.29. The Balaban J connectivity index is 1.91. The SMILES string of the molecule is Cc1ccc2c(c1)[C@@H](c1ccc(OCC(=O)NCC(=O)O)cc1)[C@@H](O)C(C)(C)CS2(=O)=O. The first-order chi connectivity index (χ1) is 14.9. The number of benzene rings is 2. The van der Waals surface area contributed by atoms with E-state index in [9.17, 15) is 23.1 Å². The van der Waals surface area contributed by atoms with E-state index in [2.05, 4.69) is 5.32 Å². The van der Waals surface area contributed by atoms with Crippen LogP contribution < -0.4 is 10.1 Å². The van der Waals surface area contributed by atoms with E-state index in [1.54, 1.807) is 56.3 Å². The number of nitrogens with one attached hydrogen (secondary N) is 1. The second-order valence-corrected chi connectivity index (χ2v) is 10.7. The molecule has 1 aliphatic rings. The number of ether oxygens (including phenoxy) is 1. The quantitative estimate of drug-likeness (QED) is 0.599.